The summed E-state index contributed by atoms with van der Waals surface area (Å²) in [5, 5.41) is 10.1. The van der Waals surface area contributed by atoms with E-state index in [9.17, 15) is 4.79 Å². The molecule has 32 heavy (non-hydrogen) atoms. The first kappa shape index (κ1) is 22.1. The summed E-state index contributed by atoms with van der Waals surface area (Å²) in [6, 6.07) is 8.23. The second-order valence-electron chi connectivity index (χ2n) is 9.58. The lowest BCUT2D eigenvalue weighted by Gasteiger charge is -2.26. The predicted octanol–water partition coefficient (Wildman–Crippen LogP) is 4.17. The lowest BCUT2D eigenvalue weighted by atomic mass is 9.89. The lowest BCUT2D eigenvalue weighted by molar-refractivity contribution is 0.0958. The summed E-state index contributed by atoms with van der Waals surface area (Å²) in [5.41, 5.74) is 7.04. The van der Waals surface area contributed by atoms with Gasteiger partial charge < -0.3 is 5.32 Å². The van der Waals surface area contributed by atoms with Gasteiger partial charge in [0.1, 0.15) is 5.69 Å². The molecular weight excluding hydrogens is 400 g/mol. The number of carbonyl (C=O) groups is 1. The number of amides is 1. The predicted molar refractivity (Wildman–Crippen MR) is 125 cm³/mol. The van der Waals surface area contributed by atoms with E-state index in [-0.39, 0.29) is 17.4 Å². The molecule has 4 heterocycles. The van der Waals surface area contributed by atoms with Crippen LogP contribution in [0.2, 0.25) is 0 Å². The standard InChI is InChI=1S/C25H32N6O/c1-16-11-18(17-8-9-20(27-13-17)24(32)26-5)12-21(29-16)22-7-6-10-31(22)15-19-14-28-30-23(19)25(2,3)4/h8-9,11-14,22H,6-7,10,15H2,1-5H3,(H,26,32)(H,28,30). The van der Waals surface area contributed by atoms with Crippen LogP contribution in [-0.4, -0.2) is 44.6 Å². The average molecular weight is 433 g/mol. The van der Waals surface area contributed by atoms with Gasteiger partial charge in [0.15, 0.2) is 0 Å². The van der Waals surface area contributed by atoms with Gasteiger partial charge in [-0.2, -0.15) is 5.10 Å². The van der Waals surface area contributed by atoms with Crippen LogP contribution in [0, 0.1) is 6.92 Å². The molecule has 4 rings (SSSR count). The Kier molecular flexibility index (Phi) is 6.11. The zero-order valence-electron chi connectivity index (χ0n) is 19.6. The van der Waals surface area contributed by atoms with Crippen molar-refractivity contribution in [1.29, 1.82) is 0 Å². The fraction of sp³-hybridized carbons (Fsp3) is 0.440. The van der Waals surface area contributed by atoms with Crippen LogP contribution < -0.4 is 5.32 Å². The van der Waals surface area contributed by atoms with Gasteiger partial charge in [0.05, 0.1) is 17.9 Å². The maximum Gasteiger partial charge on any atom is 0.269 e. The Balaban J connectivity index is 1.60. The Bertz CT molecular complexity index is 1100. The van der Waals surface area contributed by atoms with Gasteiger partial charge in [-0.3, -0.25) is 24.8 Å². The van der Waals surface area contributed by atoms with E-state index in [0.29, 0.717) is 5.69 Å². The highest BCUT2D eigenvalue weighted by Crippen LogP contribution is 2.35. The van der Waals surface area contributed by atoms with Crippen molar-refractivity contribution in [3.8, 4) is 11.1 Å². The molecule has 7 heteroatoms. The Hall–Kier alpha value is -3.06. The van der Waals surface area contributed by atoms with Crippen molar-refractivity contribution in [1.82, 2.24) is 30.4 Å². The number of hydrogen-bond acceptors (Lipinski definition) is 5. The second-order valence-corrected chi connectivity index (χ2v) is 9.58. The van der Waals surface area contributed by atoms with Crippen LogP contribution in [0.25, 0.3) is 11.1 Å². The summed E-state index contributed by atoms with van der Waals surface area (Å²) < 4.78 is 0. The largest absolute Gasteiger partial charge is 0.354 e. The number of nitrogens with one attached hydrogen (secondary N) is 2. The van der Waals surface area contributed by atoms with Gasteiger partial charge >= 0.3 is 0 Å². The number of hydrogen-bond donors (Lipinski definition) is 2. The van der Waals surface area contributed by atoms with Gasteiger partial charge in [0.2, 0.25) is 0 Å². The second kappa shape index (κ2) is 8.82. The molecule has 1 saturated heterocycles. The van der Waals surface area contributed by atoms with Crippen LogP contribution in [0.1, 0.15) is 72.8 Å². The molecule has 0 aromatic carbocycles. The SMILES string of the molecule is CNC(=O)c1ccc(-c2cc(C)nc(C3CCCN3Cc3cn[nH]c3C(C)(C)C)c2)cn1. The van der Waals surface area contributed by atoms with Crippen LogP contribution in [0.15, 0.2) is 36.7 Å². The van der Waals surface area contributed by atoms with Crippen LogP contribution in [0.5, 0.6) is 0 Å². The molecule has 1 aliphatic heterocycles. The van der Waals surface area contributed by atoms with Gasteiger partial charge in [-0.05, 0) is 50.1 Å². The minimum absolute atomic E-state index is 0.0314. The zero-order chi connectivity index (χ0) is 22.9. The van der Waals surface area contributed by atoms with Crippen molar-refractivity contribution in [2.45, 2.75) is 58.5 Å². The van der Waals surface area contributed by atoms with E-state index in [4.69, 9.17) is 4.98 Å². The normalized spacial score (nSPS) is 17.0. The first-order valence-electron chi connectivity index (χ1n) is 11.2. The molecule has 3 aromatic heterocycles. The van der Waals surface area contributed by atoms with E-state index in [2.05, 4.69) is 58.3 Å². The molecule has 0 spiro atoms. The Labute approximate surface area is 189 Å². The number of H-pyrrole nitrogens is 1. The third-order valence-corrected chi connectivity index (χ3v) is 6.08. The molecule has 1 unspecified atom stereocenters. The molecule has 7 nitrogen and oxygen atoms in total. The number of aromatic amines is 1. The molecule has 1 fully saturated rings. The molecule has 0 radical (unpaired) electrons. The first-order valence-corrected chi connectivity index (χ1v) is 11.2. The number of nitrogens with zero attached hydrogens (tertiary/aromatic N) is 4. The molecule has 0 bridgehead atoms. The van der Waals surface area contributed by atoms with E-state index in [1.807, 2.05) is 19.2 Å². The highest BCUT2D eigenvalue weighted by molar-refractivity contribution is 5.92. The number of pyridine rings is 2. The van der Waals surface area contributed by atoms with Crippen molar-refractivity contribution in [3.05, 3.63) is 65.0 Å². The average Bonchev–Trinajstić information content (AvgIpc) is 3.42. The van der Waals surface area contributed by atoms with E-state index in [1.165, 1.54) is 11.3 Å². The molecule has 0 aliphatic carbocycles. The highest BCUT2D eigenvalue weighted by atomic mass is 16.1. The van der Waals surface area contributed by atoms with Crippen molar-refractivity contribution >= 4 is 5.91 Å². The van der Waals surface area contributed by atoms with Gasteiger partial charge in [0.25, 0.3) is 5.91 Å². The minimum Gasteiger partial charge on any atom is -0.354 e. The van der Waals surface area contributed by atoms with Crippen molar-refractivity contribution in [2.75, 3.05) is 13.6 Å². The van der Waals surface area contributed by atoms with Gasteiger partial charge in [-0.1, -0.05) is 26.8 Å². The summed E-state index contributed by atoms with van der Waals surface area (Å²) in [6.07, 6.45) is 5.97. The van der Waals surface area contributed by atoms with E-state index < -0.39 is 0 Å². The van der Waals surface area contributed by atoms with E-state index in [1.54, 1.807) is 19.3 Å². The lowest BCUT2D eigenvalue weighted by Crippen LogP contribution is -2.25. The fourth-order valence-electron chi connectivity index (χ4n) is 4.51. The monoisotopic (exact) mass is 432 g/mol. The van der Waals surface area contributed by atoms with Crippen LogP contribution >= 0.6 is 0 Å². The first-order chi connectivity index (χ1) is 15.3. The maximum absolute atomic E-state index is 11.8. The summed E-state index contributed by atoms with van der Waals surface area (Å²) in [6.45, 7) is 10.6. The summed E-state index contributed by atoms with van der Waals surface area (Å²) in [4.78, 5) is 23.5. The number of aromatic nitrogens is 4. The number of rotatable bonds is 5. The molecule has 168 valence electrons. The van der Waals surface area contributed by atoms with E-state index in [0.717, 1.165) is 48.4 Å². The van der Waals surface area contributed by atoms with Crippen LogP contribution in [0.3, 0.4) is 0 Å². The quantitative estimate of drug-likeness (QED) is 0.632. The Morgan fingerprint density at radius 1 is 1.22 bits per heavy atom. The summed E-state index contributed by atoms with van der Waals surface area (Å²) >= 11 is 0. The van der Waals surface area contributed by atoms with Gasteiger partial charge in [0, 0.05) is 47.7 Å². The third-order valence-electron chi connectivity index (χ3n) is 6.08. The van der Waals surface area contributed by atoms with Gasteiger partial charge in [-0.25, -0.2) is 0 Å². The van der Waals surface area contributed by atoms with Crippen LogP contribution in [-0.2, 0) is 12.0 Å². The third kappa shape index (κ3) is 4.58. The Morgan fingerprint density at radius 3 is 2.72 bits per heavy atom. The van der Waals surface area contributed by atoms with E-state index >= 15 is 0 Å². The van der Waals surface area contributed by atoms with Crippen molar-refractivity contribution in [3.63, 3.8) is 0 Å². The fourth-order valence-corrected chi connectivity index (χ4v) is 4.51. The number of aryl methyl sites for hydroxylation is 1. The molecule has 0 saturated carbocycles. The smallest absolute Gasteiger partial charge is 0.269 e. The number of likely N-dealkylation sites (tertiary alicyclic amines) is 1. The minimum atomic E-state index is -0.182. The summed E-state index contributed by atoms with van der Waals surface area (Å²) in [5.74, 6) is -0.182. The molecule has 1 aliphatic rings. The summed E-state index contributed by atoms with van der Waals surface area (Å²) in [7, 11) is 1.61. The van der Waals surface area contributed by atoms with Gasteiger partial charge in [-0.15, -0.1) is 0 Å². The Morgan fingerprint density at radius 2 is 2.03 bits per heavy atom. The highest BCUT2D eigenvalue weighted by Gasteiger charge is 2.30. The zero-order valence-corrected chi connectivity index (χ0v) is 19.6. The van der Waals surface area contributed by atoms with Crippen LogP contribution in [0.4, 0.5) is 0 Å². The number of carbonyl (C=O) groups excluding carboxylic acids is 1. The maximum atomic E-state index is 11.8. The molecule has 3 aromatic rings. The molecule has 2 N–H and O–H groups in total. The topological polar surface area (TPSA) is 86.8 Å². The molecular formula is C25H32N6O. The van der Waals surface area contributed by atoms with Crippen molar-refractivity contribution < 1.29 is 4.79 Å². The molecule has 1 amide bonds. The van der Waals surface area contributed by atoms with Crippen molar-refractivity contribution in [2.24, 2.45) is 0 Å². The molecule has 1 atom stereocenters.